The van der Waals surface area contributed by atoms with Crippen molar-refractivity contribution in [2.45, 2.75) is 12.2 Å². The smallest absolute Gasteiger partial charge is 0.106 e. The first-order valence-corrected chi connectivity index (χ1v) is 5.27. The van der Waals surface area contributed by atoms with E-state index in [2.05, 4.69) is 0 Å². The quantitative estimate of drug-likeness (QED) is 0.701. The van der Waals surface area contributed by atoms with Crippen molar-refractivity contribution < 1.29 is 9.47 Å². The van der Waals surface area contributed by atoms with Gasteiger partial charge in [0.1, 0.15) is 6.10 Å². The summed E-state index contributed by atoms with van der Waals surface area (Å²) in [6.07, 6.45) is 0.0596. The maximum Gasteiger partial charge on any atom is 0.106 e. The summed E-state index contributed by atoms with van der Waals surface area (Å²) < 4.78 is 11.2. The topological polar surface area (TPSA) is 18.5 Å². The van der Waals surface area contributed by atoms with Crippen molar-refractivity contribution >= 4 is 11.6 Å². The van der Waals surface area contributed by atoms with Crippen LogP contribution in [0.1, 0.15) is 11.7 Å². The van der Waals surface area contributed by atoms with Crippen LogP contribution in [0.3, 0.4) is 0 Å². The first kappa shape index (κ1) is 9.97. The summed E-state index contributed by atoms with van der Waals surface area (Å²) in [5.41, 5.74) is 1.15. The van der Waals surface area contributed by atoms with Crippen LogP contribution in [0, 0.1) is 0 Å². The van der Waals surface area contributed by atoms with E-state index in [1.54, 1.807) is 0 Å². The molecule has 0 aliphatic carbocycles. The Hall–Kier alpha value is -0.570. The fourth-order valence-corrected chi connectivity index (χ4v) is 1.70. The summed E-state index contributed by atoms with van der Waals surface area (Å²) in [5, 5.41) is 0. The number of alkyl halides is 1. The highest BCUT2D eigenvalue weighted by atomic mass is 35.5. The Labute approximate surface area is 88.8 Å². The molecule has 0 aromatic heterocycles. The molecular formula is C11H13ClO2. The standard InChI is InChI=1S/C11H13ClO2/c12-6-10-7-13-8-11(14-10)9-4-2-1-3-5-9/h1-5,10-11H,6-8H2. The van der Waals surface area contributed by atoms with E-state index in [9.17, 15) is 0 Å². The molecule has 76 valence electrons. The van der Waals surface area contributed by atoms with Gasteiger partial charge in [-0.3, -0.25) is 0 Å². The van der Waals surface area contributed by atoms with Gasteiger partial charge in [-0.25, -0.2) is 0 Å². The summed E-state index contributed by atoms with van der Waals surface area (Å²) in [4.78, 5) is 0. The second-order valence-electron chi connectivity index (χ2n) is 3.35. The Morgan fingerprint density at radius 1 is 1.21 bits per heavy atom. The third-order valence-electron chi connectivity index (χ3n) is 2.27. The highest BCUT2D eigenvalue weighted by Gasteiger charge is 2.23. The van der Waals surface area contributed by atoms with E-state index in [1.807, 2.05) is 30.3 Å². The van der Waals surface area contributed by atoms with E-state index in [0.29, 0.717) is 19.1 Å². The molecule has 2 unspecified atom stereocenters. The summed E-state index contributed by atoms with van der Waals surface area (Å²) in [7, 11) is 0. The van der Waals surface area contributed by atoms with Crippen LogP contribution in [0.15, 0.2) is 30.3 Å². The Morgan fingerprint density at radius 2 is 2.00 bits per heavy atom. The van der Waals surface area contributed by atoms with Crippen LogP contribution in [-0.2, 0) is 9.47 Å². The van der Waals surface area contributed by atoms with E-state index >= 15 is 0 Å². The van der Waals surface area contributed by atoms with Crippen molar-refractivity contribution in [3.63, 3.8) is 0 Å². The molecule has 2 nitrogen and oxygen atoms in total. The highest BCUT2D eigenvalue weighted by molar-refractivity contribution is 6.18. The second kappa shape index (κ2) is 4.78. The zero-order valence-corrected chi connectivity index (χ0v) is 8.61. The van der Waals surface area contributed by atoms with E-state index < -0.39 is 0 Å². The Balaban J connectivity index is 2.04. The maximum absolute atomic E-state index is 5.76. The molecule has 2 rings (SSSR count). The molecule has 0 radical (unpaired) electrons. The summed E-state index contributed by atoms with van der Waals surface area (Å²) in [6.45, 7) is 1.23. The monoisotopic (exact) mass is 212 g/mol. The molecule has 0 saturated carbocycles. The molecule has 1 fully saturated rings. The minimum Gasteiger partial charge on any atom is -0.376 e. The molecule has 1 aliphatic heterocycles. The van der Waals surface area contributed by atoms with Gasteiger partial charge in [-0.15, -0.1) is 11.6 Å². The third kappa shape index (κ3) is 2.27. The van der Waals surface area contributed by atoms with Gasteiger partial charge in [0.2, 0.25) is 0 Å². The van der Waals surface area contributed by atoms with Crippen molar-refractivity contribution in [3.05, 3.63) is 35.9 Å². The second-order valence-corrected chi connectivity index (χ2v) is 3.66. The molecule has 3 heteroatoms. The number of ether oxygens (including phenoxy) is 2. The van der Waals surface area contributed by atoms with Crippen LogP contribution in [0.2, 0.25) is 0 Å². The van der Waals surface area contributed by atoms with Gasteiger partial charge in [-0.05, 0) is 5.56 Å². The Bertz CT molecular complexity index is 276. The molecule has 1 aromatic carbocycles. The number of hydrogen-bond donors (Lipinski definition) is 0. The molecule has 1 aliphatic rings. The van der Waals surface area contributed by atoms with Gasteiger partial charge in [0.15, 0.2) is 0 Å². The van der Waals surface area contributed by atoms with E-state index in [4.69, 9.17) is 21.1 Å². The SMILES string of the molecule is ClCC1COCC(c2ccccc2)O1. The minimum absolute atomic E-state index is 0.0237. The van der Waals surface area contributed by atoms with Crippen LogP contribution in [0.5, 0.6) is 0 Å². The number of hydrogen-bond acceptors (Lipinski definition) is 2. The fraction of sp³-hybridized carbons (Fsp3) is 0.455. The van der Waals surface area contributed by atoms with Crippen molar-refractivity contribution in [2.75, 3.05) is 19.1 Å². The molecule has 2 atom stereocenters. The van der Waals surface area contributed by atoms with Gasteiger partial charge in [-0.2, -0.15) is 0 Å². The van der Waals surface area contributed by atoms with Gasteiger partial charge in [0.05, 0.1) is 25.2 Å². The molecular weight excluding hydrogens is 200 g/mol. The van der Waals surface area contributed by atoms with Crippen LogP contribution >= 0.6 is 11.6 Å². The molecule has 1 saturated heterocycles. The molecule has 1 heterocycles. The van der Waals surface area contributed by atoms with Crippen molar-refractivity contribution in [1.82, 2.24) is 0 Å². The zero-order chi connectivity index (χ0) is 9.80. The maximum atomic E-state index is 5.76. The first-order chi connectivity index (χ1) is 6.90. The van der Waals surface area contributed by atoms with Crippen molar-refractivity contribution in [1.29, 1.82) is 0 Å². The highest BCUT2D eigenvalue weighted by Crippen LogP contribution is 2.23. The van der Waals surface area contributed by atoms with Gasteiger partial charge >= 0.3 is 0 Å². The van der Waals surface area contributed by atoms with Crippen molar-refractivity contribution in [2.24, 2.45) is 0 Å². The zero-order valence-electron chi connectivity index (χ0n) is 7.86. The Kier molecular flexibility index (Phi) is 3.40. The fourth-order valence-electron chi connectivity index (χ4n) is 1.54. The van der Waals surface area contributed by atoms with Gasteiger partial charge in [0.25, 0.3) is 0 Å². The minimum atomic E-state index is 0.0237. The van der Waals surface area contributed by atoms with Crippen LogP contribution in [-0.4, -0.2) is 25.2 Å². The summed E-state index contributed by atoms with van der Waals surface area (Å²) in [6, 6.07) is 10.1. The summed E-state index contributed by atoms with van der Waals surface area (Å²) in [5.74, 6) is 0.489. The lowest BCUT2D eigenvalue weighted by molar-refractivity contribution is -0.131. The molecule has 0 spiro atoms. The number of benzene rings is 1. The Morgan fingerprint density at radius 3 is 2.71 bits per heavy atom. The first-order valence-electron chi connectivity index (χ1n) is 4.74. The van der Waals surface area contributed by atoms with Crippen LogP contribution in [0.25, 0.3) is 0 Å². The predicted octanol–water partition coefficient (Wildman–Crippen LogP) is 2.38. The molecule has 0 N–H and O–H groups in total. The van der Waals surface area contributed by atoms with Gasteiger partial charge < -0.3 is 9.47 Å². The average Bonchev–Trinajstić information content (AvgIpc) is 2.30. The lowest BCUT2D eigenvalue weighted by atomic mass is 10.1. The van der Waals surface area contributed by atoms with E-state index in [0.717, 1.165) is 5.56 Å². The lowest BCUT2D eigenvalue weighted by Crippen LogP contribution is -2.32. The van der Waals surface area contributed by atoms with Gasteiger partial charge in [0, 0.05) is 0 Å². The molecule has 1 aromatic rings. The van der Waals surface area contributed by atoms with Crippen molar-refractivity contribution in [3.8, 4) is 0 Å². The van der Waals surface area contributed by atoms with Crippen LogP contribution < -0.4 is 0 Å². The van der Waals surface area contributed by atoms with E-state index in [1.165, 1.54) is 0 Å². The molecule has 14 heavy (non-hydrogen) atoms. The molecule has 0 bridgehead atoms. The third-order valence-corrected chi connectivity index (χ3v) is 2.62. The largest absolute Gasteiger partial charge is 0.376 e. The summed E-state index contributed by atoms with van der Waals surface area (Å²) >= 11 is 5.73. The van der Waals surface area contributed by atoms with E-state index in [-0.39, 0.29) is 12.2 Å². The van der Waals surface area contributed by atoms with Gasteiger partial charge in [-0.1, -0.05) is 30.3 Å². The lowest BCUT2D eigenvalue weighted by Gasteiger charge is -2.29. The molecule has 0 amide bonds. The predicted molar refractivity (Wildman–Crippen MR) is 55.6 cm³/mol. The number of halogens is 1. The van der Waals surface area contributed by atoms with Crippen LogP contribution in [0.4, 0.5) is 0 Å². The number of rotatable bonds is 2. The average molecular weight is 213 g/mol. The normalized spacial score (nSPS) is 27.5.